The van der Waals surface area contributed by atoms with Crippen LogP contribution in [-0.4, -0.2) is 12.1 Å². The van der Waals surface area contributed by atoms with Crippen LogP contribution in [-0.2, 0) is 6.54 Å². The van der Waals surface area contributed by atoms with Gasteiger partial charge in [0.25, 0.3) is 0 Å². The molecule has 2 rings (SSSR count). The second-order valence-electron chi connectivity index (χ2n) is 3.18. The Hall–Kier alpha value is -1.46. The lowest BCUT2D eigenvalue weighted by molar-refractivity contribution is 0.386. The minimum atomic E-state index is -0.378. The molecule has 84 valence electrons. The highest BCUT2D eigenvalue weighted by Crippen LogP contribution is 2.30. The maximum atomic E-state index is 13.5. The van der Waals surface area contributed by atoms with Crippen molar-refractivity contribution in [1.82, 2.24) is 4.98 Å². The molecule has 1 heterocycles. The van der Waals surface area contributed by atoms with Crippen LogP contribution in [0.5, 0.6) is 5.75 Å². The van der Waals surface area contributed by atoms with E-state index in [1.165, 1.54) is 24.5 Å². The van der Waals surface area contributed by atoms with Crippen LogP contribution in [0.1, 0.15) is 5.69 Å². The molecule has 1 aromatic heterocycles. The molecule has 0 radical (unpaired) electrons. The van der Waals surface area contributed by atoms with E-state index >= 15 is 0 Å². The molecule has 0 aliphatic heterocycles. The number of aromatic nitrogens is 1. The lowest BCUT2D eigenvalue weighted by Gasteiger charge is -2.04. The fraction of sp³-hybridized carbons (Fsp3) is 0.182. The summed E-state index contributed by atoms with van der Waals surface area (Å²) in [4.78, 5) is 5.03. The summed E-state index contributed by atoms with van der Waals surface area (Å²) in [6.07, 6.45) is 0. The number of nitrogens with two attached hydrogens (primary N) is 1. The van der Waals surface area contributed by atoms with E-state index < -0.39 is 0 Å². The zero-order valence-electron chi connectivity index (χ0n) is 8.74. The summed E-state index contributed by atoms with van der Waals surface area (Å²) in [6.45, 7) is 0.354. The van der Waals surface area contributed by atoms with Crippen LogP contribution in [0.4, 0.5) is 4.39 Å². The Morgan fingerprint density at radius 2 is 2.31 bits per heavy atom. The van der Waals surface area contributed by atoms with Crippen molar-refractivity contribution in [2.75, 3.05) is 7.11 Å². The third kappa shape index (κ3) is 1.91. The zero-order chi connectivity index (χ0) is 11.5. The molecule has 0 fully saturated rings. The molecule has 0 unspecified atom stereocenters. The van der Waals surface area contributed by atoms with Gasteiger partial charge in [-0.25, -0.2) is 9.37 Å². The monoisotopic (exact) mass is 238 g/mol. The van der Waals surface area contributed by atoms with E-state index in [9.17, 15) is 4.39 Å². The van der Waals surface area contributed by atoms with Gasteiger partial charge in [0.15, 0.2) is 11.6 Å². The third-order valence-corrected chi connectivity index (χ3v) is 3.17. The Kier molecular flexibility index (Phi) is 3.17. The van der Waals surface area contributed by atoms with Crippen molar-refractivity contribution in [3.63, 3.8) is 0 Å². The molecule has 0 atom stereocenters. The summed E-state index contributed by atoms with van der Waals surface area (Å²) < 4.78 is 18.4. The number of thiazole rings is 1. The first-order valence-corrected chi connectivity index (χ1v) is 5.60. The molecule has 0 saturated heterocycles. The topological polar surface area (TPSA) is 48.1 Å². The predicted molar refractivity (Wildman–Crippen MR) is 62.0 cm³/mol. The number of rotatable bonds is 3. The number of halogens is 1. The van der Waals surface area contributed by atoms with E-state index in [0.717, 1.165) is 16.1 Å². The Labute approximate surface area is 96.7 Å². The highest BCUT2D eigenvalue weighted by molar-refractivity contribution is 7.13. The van der Waals surface area contributed by atoms with Gasteiger partial charge >= 0.3 is 0 Å². The molecule has 0 saturated carbocycles. The molecule has 0 aliphatic rings. The second kappa shape index (κ2) is 4.59. The summed E-state index contributed by atoms with van der Waals surface area (Å²) in [6, 6.07) is 4.84. The number of methoxy groups -OCH3 is 1. The first-order valence-electron chi connectivity index (χ1n) is 4.72. The third-order valence-electron chi connectivity index (χ3n) is 2.25. The lowest BCUT2D eigenvalue weighted by atomic mass is 10.1. The largest absolute Gasteiger partial charge is 0.494 e. The molecule has 2 N–H and O–H groups in total. The summed E-state index contributed by atoms with van der Waals surface area (Å²) in [5.74, 6) is -0.140. The van der Waals surface area contributed by atoms with Crippen molar-refractivity contribution in [2.45, 2.75) is 6.54 Å². The van der Waals surface area contributed by atoms with Gasteiger partial charge in [-0.05, 0) is 23.8 Å². The van der Waals surface area contributed by atoms with Crippen LogP contribution in [0.15, 0.2) is 23.7 Å². The predicted octanol–water partition coefficient (Wildman–Crippen LogP) is 2.42. The van der Waals surface area contributed by atoms with Crippen molar-refractivity contribution in [1.29, 1.82) is 0 Å². The van der Waals surface area contributed by atoms with Crippen LogP contribution in [0.25, 0.3) is 10.4 Å². The number of nitrogens with zero attached hydrogens (tertiary/aromatic N) is 1. The molecule has 0 bridgehead atoms. The van der Waals surface area contributed by atoms with Gasteiger partial charge in [0.2, 0.25) is 0 Å². The van der Waals surface area contributed by atoms with Crippen molar-refractivity contribution < 1.29 is 9.13 Å². The summed E-state index contributed by atoms with van der Waals surface area (Å²) in [7, 11) is 1.44. The Bertz CT molecular complexity index is 498. The van der Waals surface area contributed by atoms with E-state index in [4.69, 9.17) is 10.5 Å². The van der Waals surface area contributed by atoms with Gasteiger partial charge in [-0.2, -0.15) is 0 Å². The van der Waals surface area contributed by atoms with Crippen LogP contribution in [0, 0.1) is 5.82 Å². The van der Waals surface area contributed by atoms with E-state index in [2.05, 4.69) is 4.98 Å². The minimum absolute atomic E-state index is 0.238. The van der Waals surface area contributed by atoms with Gasteiger partial charge in [-0.3, -0.25) is 0 Å². The first-order chi connectivity index (χ1) is 7.76. The van der Waals surface area contributed by atoms with E-state index in [-0.39, 0.29) is 11.6 Å². The molecular formula is C11H11FN2OS. The van der Waals surface area contributed by atoms with E-state index in [1.807, 2.05) is 0 Å². The van der Waals surface area contributed by atoms with Gasteiger partial charge in [-0.1, -0.05) is 0 Å². The minimum Gasteiger partial charge on any atom is -0.494 e. The Balaban J connectivity index is 2.45. The molecule has 0 aliphatic carbocycles. The number of hydrogen-bond acceptors (Lipinski definition) is 4. The molecule has 0 amide bonds. The van der Waals surface area contributed by atoms with Crippen LogP contribution in [0.3, 0.4) is 0 Å². The summed E-state index contributed by atoms with van der Waals surface area (Å²) in [5.41, 5.74) is 8.83. The maximum absolute atomic E-state index is 13.5. The second-order valence-corrected chi connectivity index (χ2v) is 4.04. The smallest absolute Gasteiger partial charge is 0.165 e. The molecule has 0 spiro atoms. The first kappa shape index (κ1) is 11.0. The number of hydrogen-bond donors (Lipinski definition) is 1. The summed E-state index contributed by atoms with van der Waals surface area (Å²) >= 11 is 1.45. The van der Waals surface area contributed by atoms with Crippen molar-refractivity contribution in [2.24, 2.45) is 5.73 Å². The highest BCUT2D eigenvalue weighted by atomic mass is 32.1. The van der Waals surface area contributed by atoms with Crippen molar-refractivity contribution in [3.05, 3.63) is 35.2 Å². The maximum Gasteiger partial charge on any atom is 0.165 e. The van der Waals surface area contributed by atoms with E-state index in [1.54, 1.807) is 17.6 Å². The molecule has 3 nitrogen and oxygen atoms in total. The normalized spacial score (nSPS) is 10.4. The highest BCUT2D eigenvalue weighted by Gasteiger charge is 2.10. The molecular weight excluding hydrogens is 227 g/mol. The molecule has 1 aromatic carbocycles. The number of ether oxygens (including phenoxy) is 1. The molecule has 16 heavy (non-hydrogen) atoms. The van der Waals surface area contributed by atoms with E-state index in [0.29, 0.717) is 6.54 Å². The van der Waals surface area contributed by atoms with Gasteiger partial charge in [0, 0.05) is 6.54 Å². The quantitative estimate of drug-likeness (QED) is 0.893. The van der Waals surface area contributed by atoms with Crippen molar-refractivity contribution >= 4 is 11.3 Å². The van der Waals surface area contributed by atoms with Gasteiger partial charge in [-0.15, -0.1) is 11.3 Å². The van der Waals surface area contributed by atoms with Crippen molar-refractivity contribution in [3.8, 4) is 16.2 Å². The Morgan fingerprint density at radius 3 is 2.94 bits per heavy atom. The average molecular weight is 238 g/mol. The van der Waals surface area contributed by atoms with Gasteiger partial charge in [0.1, 0.15) is 0 Å². The van der Waals surface area contributed by atoms with Crippen LogP contribution >= 0.6 is 11.3 Å². The Morgan fingerprint density at radius 1 is 1.50 bits per heavy atom. The van der Waals surface area contributed by atoms with Crippen LogP contribution in [0.2, 0.25) is 0 Å². The fourth-order valence-electron chi connectivity index (χ4n) is 1.46. The van der Waals surface area contributed by atoms with Crippen LogP contribution < -0.4 is 10.5 Å². The van der Waals surface area contributed by atoms with Gasteiger partial charge in [0.05, 0.1) is 23.2 Å². The fourth-order valence-corrected chi connectivity index (χ4v) is 2.28. The lowest BCUT2D eigenvalue weighted by Crippen LogP contribution is -1.98. The number of benzene rings is 1. The standard InChI is InChI=1S/C11H11FN2OS/c1-15-10-3-2-7(4-8(10)12)11-9(5-13)14-6-16-11/h2-4,6H,5,13H2,1H3. The molecule has 5 heteroatoms. The SMILES string of the molecule is COc1ccc(-c2scnc2CN)cc1F. The van der Waals surface area contributed by atoms with Gasteiger partial charge < -0.3 is 10.5 Å². The average Bonchev–Trinajstić information content (AvgIpc) is 2.77. The molecule has 2 aromatic rings. The zero-order valence-corrected chi connectivity index (χ0v) is 9.55. The summed E-state index contributed by atoms with van der Waals surface area (Å²) in [5, 5.41) is 0.